The lowest BCUT2D eigenvalue weighted by molar-refractivity contribution is -0.0512. The maximum absolute atomic E-state index is 13.1. The number of hydrogen-bond donors (Lipinski definition) is 1. The number of nitrogens with one attached hydrogen (secondary N) is 1. The summed E-state index contributed by atoms with van der Waals surface area (Å²) in [5.41, 5.74) is 0.743. The van der Waals surface area contributed by atoms with Crippen molar-refractivity contribution in [2.75, 3.05) is 7.11 Å². The number of methoxy groups -OCH3 is 1. The van der Waals surface area contributed by atoms with E-state index >= 15 is 0 Å². The minimum absolute atomic E-state index is 0.0430. The Kier molecular flexibility index (Phi) is 5.91. The Bertz CT molecular complexity index is 856. The van der Waals surface area contributed by atoms with E-state index in [1.54, 1.807) is 0 Å². The molecule has 0 saturated carbocycles. The average Bonchev–Trinajstić information content (AvgIpc) is 2.53. The molecule has 0 unspecified atom stereocenters. The molecule has 2 aromatic carbocycles. The molecule has 0 amide bonds. The topological polar surface area (TPSA) is 64.6 Å². The number of alkyl halides is 2. The number of aryl methyl sites for hydroxylation is 1. The molecule has 0 fully saturated rings. The van der Waals surface area contributed by atoms with Gasteiger partial charge in [-0.2, -0.15) is 8.78 Å². The van der Waals surface area contributed by atoms with Crippen molar-refractivity contribution in [3.63, 3.8) is 0 Å². The van der Waals surface area contributed by atoms with Crippen LogP contribution in [0.25, 0.3) is 0 Å². The van der Waals surface area contributed by atoms with E-state index in [2.05, 4.69) is 9.46 Å². The predicted octanol–water partition coefficient (Wildman–Crippen LogP) is 3.22. The fourth-order valence-corrected chi connectivity index (χ4v) is 3.43. The quantitative estimate of drug-likeness (QED) is 0.807. The number of hydrogen-bond acceptors (Lipinski definition) is 4. The van der Waals surface area contributed by atoms with Crippen LogP contribution in [-0.2, 0) is 16.6 Å². The zero-order valence-corrected chi connectivity index (χ0v) is 14.2. The molecule has 1 N–H and O–H groups in total. The van der Waals surface area contributed by atoms with Gasteiger partial charge in [-0.15, -0.1) is 0 Å². The summed E-state index contributed by atoms with van der Waals surface area (Å²) in [6.07, 6.45) is 0. The van der Waals surface area contributed by atoms with Crippen molar-refractivity contribution in [1.29, 1.82) is 0 Å². The lowest BCUT2D eigenvalue weighted by Crippen LogP contribution is -2.24. The standard InChI is InChI=1S/C16H16F3NO4S/c1-10-7-12(17)4-6-15(10)25(21,22)20-9-11-3-5-13(24-16(18)19)14(8-11)23-2/h3-8,16,20H,9H2,1-2H3. The van der Waals surface area contributed by atoms with Crippen LogP contribution in [0, 0.1) is 12.7 Å². The van der Waals surface area contributed by atoms with Gasteiger partial charge in [0.15, 0.2) is 11.5 Å². The first-order chi connectivity index (χ1) is 11.7. The number of benzene rings is 2. The molecule has 0 bridgehead atoms. The van der Waals surface area contributed by atoms with Crippen molar-refractivity contribution >= 4 is 10.0 Å². The maximum atomic E-state index is 13.1. The highest BCUT2D eigenvalue weighted by atomic mass is 32.2. The van der Waals surface area contributed by atoms with Gasteiger partial charge >= 0.3 is 6.61 Å². The smallest absolute Gasteiger partial charge is 0.387 e. The van der Waals surface area contributed by atoms with Crippen LogP contribution in [0.2, 0.25) is 0 Å². The molecule has 2 aromatic rings. The Balaban J connectivity index is 2.17. The predicted molar refractivity (Wildman–Crippen MR) is 84.8 cm³/mol. The van der Waals surface area contributed by atoms with Crippen molar-refractivity contribution < 1.29 is 31.1 Å². The normalized spacial score (nSPS) is 11.6. The van der Waals surface area contributed by atoms with Gasteiger partial charge in [0.2, 0.25) is 10.0 Å². The summed E-state index contributed by atoms with van der Waals surface area (Å²) in [6, 6.07) is 7.43. The Hall–Kier alpha value is -2.26. The summed E-state index contributed by atoms with van der Waals surface area (Å²) >= 11 is 0. The van der Waals surface area contributed by atoms with Gasteiger partial charge in [0.25, 0.3) is 0 Å². The Morgan fingerprint density at radius 2 is 1.84 bits per heavy atom. The van der Waals surface area contributed by atoms with E-state index in [9.17, 15) is 21.6 Å². The molecule has 0 heterocycles. The van der Waals surface area contributed by atoms with Crippen molar-refractivity contribution in [2.24, 2.45) is 0 Å². The fraction of sp³-hybridized carbons (Fsp3) is 0.250. The highest BCUT2D eigenvalue weighted by Crippen LogP contribution is 2.29. The highest BCUT2D eigenvalue weighted by Gasteiger charge is 2.18. The molecular formula is C16H16F3NO4S. The molecule has 9 heteroatoms. The van der Waals surface area contributed by atoms with E-state index in [1.165, 1.54) is 38.3 Å². The first-order valence-corrected chi connectivity index (χ1v) is 8.59. The minimum atomic E-state index is -3.86. The number of sulfonamides is 1. The van der Waals surface area contributed by atoms with Crippen LogP contribution < -0.4 is 14.2 Å². The van der Waals surface area contributed by atoms with Gasteiger partial charge < -0.3 is 9.47 Å². The number of rotatable bonds is 7. The summed E-state index contributed by atoms with van der Waals surface area (Å²) in [5, 5.41) is 0. The molecule has 0 aliphatic heterocycles. The molecular weight excluding hydrogens is 359 g/mol. The van der Waals surface area contributed by atoms with E-state index in [4.69, 9.17) is 4.74 Å². The SMILES string of the molecule is COc1cc(CNS(=O)(=O)c2ccc(F)cc2C)ccc1OC(F)F. The first-order valence-electron chi connectivity index (χ1n) is 7.10. The molecule has 0 aromatic heterocycles. The lowest BCUT2D eigenvalue weighted by atomic mass is 10.2. The summed E-state index contributed by atoms with van der Waals surface area (Å²) in [7, 11) is -2.58. The number of halogens is 3. The summed E-state index contributed by atoms with van der Waals surface area (Å²) in [4.78, 5) is -0.0430. The van der Waals surface area contributed by atoms with Crippen LogP contribution in [0.4, 0.5) is 13.2 Å². The first kappa shape index (κ1) is 19.1. The largest absolute Gasteiger partial charge is 0.493 e. The van der Waals surface area contributed by atoms with Crippen molar-refractivity contribution in [2.45, 2.75) is 25.0 Å². The maximum Gasteiger partial charge on any atom is 0.387 e. The van der Waals surface area contributed by atoms with Crippen LogP contribution in [0.5, 0.6) is 11.5 Å². The van der Waals surface area contributed by atoms with Crippen LogP contribution in [0.15, 0.2) is 41.3 Å². The second-order valence-electron chi connectivity index (χ2n) is 5.10. The molecule has 136 valence electrons. The van der Waals surface area contributed by atoms with E-state index in [0.717, 1.165) is 12.1 Å². The van der Waals surface area contributed by atoms with Gasteiger partial charge in [0.05, 0.1) is 12.0 Å². The monoisotopic (exact) mass is 375 g/mol. The lowest BCUT2D eigenvalue weighted by Gasteiger charge is -2.13. The molecule has 0 aliphatic rings. The van der Waals surface area contributed by atoms with Gasteiger partial charge in [-0.05, 0) is 48.4 Å². The van der Waals surface area contributed by atoms with E-state index in [1.807, 2.05) is 0 Å². The average molecular weight is 375 g/mol. The molecule has 2 rings (SSSR count). The minimum Gasteiger partial charge on any atom is -0.493 e. The van der Waals surface area contributed by atoms with Crippen molar-refractivity contribution in [3.8, 4) is 11.5 Å². The summed E-state index contributed by atoms with van der Waals surface area (Å²) < 4.78 is 74.0. The fourth-order valence-electron chi connectivity index (χ4n) is 2.19. The van der Waals surface area contributed by atoms with Crippen LogP contribution in [-0.4, -0.2) is 22.1 Å². The third kappa shape index (κ3) is 4.86. The molecule has 0 radical (unpaired) electrons. The zero-order valence-electron chi connectivity index (χ0n) is 13.4. The molecule has 0 aliphatic carbocycles. The second-order valence-corrected chi connectivity index (χ2v) is 6.83. The third-order valence-corrected chi connectivity index (χ3v) is 4.90. The Morgan fingerprint density at radius 1 is 1.12 bits per heavy atom. The van der Waals surface area contributed by atoms with E-state index < -0.39 is 22.5 Å². The second kappa shape index (κ2) is 7.75. The van der Waals surface area contributed by atoms with Crippen LogP contribution in [0.3, 0.4) is 0 Å². The molecule has 5 nitrogen and oxygen atoms in total. The summed E-state index contributed by atoms with van der Waals surface area (Å²) in [6.45, 7) is -1.62. The van der Waals surface area contributed by atoms with E-state index in [0.29, 0.717) is 5.56 Å². The van der Waals surface area contributed by atoms with Crippen molar-refractivity contribution in [1.82, 2.24) is 4.72 Å². The van der Waals surface area contributed by atoms with Gasteiger partial charge in [-0.25, -0.2) is 17.5 Å². The van der Waals surface area contributed by atoms with E-state index in [-0.39, 0.29) is 28.5 Å². The molecule has 25 heavy (non-hydrogen) atoms. The highest BCUT2D eigenvalue weighted by molar-refractivity contribution is 7.89. The molecule has 0 spiro atoms. The third-order valence-electron chi connectivity index (χ3n) is 3.34. The molecule has 0 saturated heterocycles. The van der Waals surface area contributed by atoms with Gasteiger partial charge in [0.1, 0.15) is 5.82 Å². The number of ether oxygens (including phenoxy) is 2. The summed E-state index contributed by atoms with van der Waals surface area (Å²) in [5.74, 6) is -0.635. The Morgan fingerprint density at radius 3 is 2.44 bits per heavy atom. The zero-order chi connectivity index (χ0) is 18.6. The van der Waals surface area contributed by atoms with Gasteiger partial charge in [-0.3, -0.25) is 0 Å². The molecule has 0 atom stereocenters. The Labute approximate surface area is 143 Å². The van der Waals surface area contributed by atoms with Crippen molar-refractivity contribution in [3.05, 3.63) is 53.3 Å². The van der Waals surface area contributed by atoms with Gasteiger partial charge in [-0.1, -0.05) is 6.07 Å². The van der Waals surface area contributed by atoms with Gasteiger partial charge in [0, 0.05) is 6.54 Å². The van der Waals surface area contributed by atoms with Crippen LogP contribution in [0.1, 0.15) is 11.1 Å². The van der Waals surface area contributed by atoms with Crippen LogP contribution >= 0.6 is 0 Å².